The highest BCUT2D eigenvalue weighted by atomic mass is 32.2. The van der Waals surface area contributed by atoms with Crippen molar-refractivity contribution < 1.29 is 24.3 Å². The predicted octanol–water partition coefficient (Wildman–Crippen LogP) is 4.80. The van der Waals surface area contributed by atoms with Crippen LogP contribution in [0.15, 0.2) is 69.8 Å². The Morgan fingerprint density at radius 1 is 1.20 bits per heavy atom. The maximum absolute atomic E-state index is 12.4. The maximum atomic E-state index is 12.4. The molecule has 1 aliphatic heterocycles. The van der Waals surface area contributed by atoms with E-state index in [9.17, 15) is 20.0 Å². The van der Waals surface area contributed by atoms with E-state index in [0.29, 0.717) is 16.3 Å². The molecule has 0 aromatic heterocycles. The van der Waals surface area contributed by atoms with Gasteiger partial charge in [-0.1, -0.05) is 23.9 Å². The fourth-order valence-electron chi connectivity index (χ4n) is 2.61. The molecule has 1 N–H and O–H groups in total. The normalized spacial score (nSPS) is 16.2. The monoisotopic (exact) mass is 426 g/mol. The van der Waals surface area contributed by atoms with E-state index in [2.05, 4.69) is 4.99 Å². The molecule has 0 spiro atoms. The number of aliphatic hydroxyl groups is 1. The molecule has 0 saturated carbocycles. The van der Waals surface area contributed by atoms with Crippen molar-refractivity contribution in [3.05, 3.63) is 80.4 Å². The molecule has 154 valence electrons. The van der Waals surface area contributed by atoms with E-state index in [0.717, 1.165) is 17.3 Å². The number of nitrogens with zero attached hydrogens (tertiary/aromatic N) is 2. The Labute approximate surface area is 176 Å². The Kier molecular flexibility index (Phi) is 6.53. The summed E-state index contributed by atoms with van der Waals surface area (Å²) in [6.45, 7) is 1.81. The van der Waals surface area contributed by atoms with E-state index in [4.69, 9.17) is 9.47 Å². The number of rotatable bonds is 6. The van der Waals surface area contributed by atoms with Crippen LogP contribution in [0.5, 0.6) is 5.75 Å². The molecule has 0 atom stereocenters. The molecule has 0 unspecified atom stereocenters. The average Bonchev–Trinajstić information content (AvgIpc) is 3.04. The van der Waals surface area contributed by atoms with Crippen LogP contribution < -0.4 is 4.74 Å². The average molecular weight is 426 g/mol. The lowest BCUT2D eigenvalue weighted by Gasteiger charge is -2.03. The van der Waals surface area contributed by atoms with E-state index in [1.165, 1.54) is 24.3 Å². The second-order valence-corrected chi connectivity index (χ2v) is 7.05. The lowest BCUT2D eigenvalue weighted by molar-refractivity contribution is -0.384. The lowest BCUT2D eigenvalue weighted by atomic mass is 10.1. The van der Waals surface area contributed by atoms with Gasteiger partial charge in [0.1, 0.15) is 22.1 Å². The quantitative estimate of drug-likeness (QED) is 0.401. The largest absolute Gasteiger partial charge is 0.506 e. The number of carbonyl (C=O) groups is 1. The first-order valence-electron chi connectivity index (χ1n) is 8.90. The van der Waals surface area contributed by atoms with Gasteiger partial charge in [-0.05, 0) is 42.8 Å². The topological polar surface area (TPSA) is 111 Å². The van der Waals surface area contributed by atoms with E-state index < -0.39 is 10.9 Å². The number of methoxy groups -OCH3 is 1. The Balaban J connectivity index is 1.98. The van der Waals surface area contributed by atoms with Gasteiger partial charge in [-0.15, -0.1) is 0 Å². The number of non-ortho nitro benzene ring substituents is 1. The van der Waals surface area contributed by atoms with E-state index >= 15 is 0 Å². The second kappa shape index (κ2) is 9.27. The fourth-order valence-corrected chi connectivity index (χ4v) is 3.64. The summed E-state index contributed by atoms with van der Waals surface area (Å²) in [6, 6.07) is 12.8. The molecule has 1 heterocycles. The van der Waals surface area contributed by atoms with Crippen LogP contribution in [0.2, 0.25) is 0 Å². The van der Waals surface area contributed by atoms with Crippen molar-refractivity contribution in [1.82, 2.24) is 0 Å². The maximum Gasteiger partial charge on any atom is 0.344 e. The van der Waals surface area contributed by atoms with Crippen molar-refractivity contribution in [3.8, 4) is 5.75 Å². The summed E-state index contributed by atoms with van der Waals surface area (Å²) in [5.41, 5.74) is 1.09. The van der Waals surface area contributed by atoms with Crippen LogP contribution in [-0.2, 0) is 9.53 Å². The molecule has 0 fully saturated rings. The molecule has 8 nitrogen and oxygen atoms in total. The third kappa shape index (κ3) is 4.69. The van der Waals surface area contributed by atoms with Gasteiger partial charge in [0.2, 0.25) is 0 Å². The molecule has 2 aromatic rings. The molecule has 0 bridgehead atoms. The fraction of sp³-hybridized carbons (Fsp3) is 0.143. The summed E-state index contributed by atoms with van der Waals surface area (Å²) < 4.78 is 10.2. The number of hydrogen-bond acceptors (Lipinski definition) is 8. The number of thioether (sulfide) groups is 1. The number of nitro benzene ring substituents is 1. The number of nitro groups is 1. The van der Waals surface area contributed by atoms with Gasteiger partial charge in [0.25, 0.3) is 5.69 Å². The number of carbonyl (C=O) groups excluding carboxylic acids is 1. The summed E-state index contributed by atoms with van der Waals surface area (Å²) in [4.78, 5) is 27.5. The van der Waals surface area contributed by atoms with Crippen LogP contribution in [-0.4, -0.2) is 34.8 Å². The van der Waals surface area contributed by atoms with Crippen molar-refractivity contribution in [2.45, 2.75) is 6.92 Å². The Morgan fingerprint density at radius 2 is 1.87 bits per heavy atom. The third-order valence-corrected chi connectivity index (χ3v) is 5.09. The number of ether oxygens (including phenoxy) is 2. The summed E-state index contributed by atoms with van der Waals surface area (Å²) in [6.07, 6.45) is 1.72. The Bertz CT molecular complexity index is 1060. The predicted molar refractivity (Wildman–Crippen MR) is 115 cm³/mol. The van der Waals surface area contributed by atoms with Crippen LogP contribution in [0.3, 0.4) is 0 Å². The van der Waals surface area contributed by atoms with Gasteiger partial charge in [-0.2, -0.15) is 0 Å². The molecule has 9 heteroatoms. The van der Waals surface area contributed by atoms with Gasteiger partial charge in [0.15, 0.2) is 0 Å². The summed E-state index contributed by atoms with van der Waals surface area (Å²) in [7, 11) is 1.57. The molecule has 3 rings (SSSR count). The first-order chi connectivity index (χ1) is 14.4. The minimum atomic E-state index is -0.693. The standard InChI is InChI=1S/C21H18N2O6S/c1-3-29-21(25)18-19(24)17(12-13-4-10-16(28-2)11-5-13)30-20(18)22-14-6-8-15(9-7-14)23(26)27/h4-12,24H,3H2,1-2H3/b17-12-,22-20?. The van der Waals surface area contributed by atoms with Crippen molar-refractivity contribution >= 4 is 40.2 Å². The minimum Gasteiger partial charge on any atom is -0.506 e. The number of aliphatic imine (C=N–C) groups is 1. The van der Waals surface area contributed by atoms with Crippen molar-refractivity contribution in [2.24, 2.45) is 4.99 Å². The molecule has 0 radical (unpaired) electrons. The minimum absolute atomic E-state index is 0.0417. The van der Waals surface area contributed by atoms with Crippen LogP contribution in [0.1, 0.15) is 12.5 Å². The highest BCUT2D eigenvalue weighted by Crippen LogP contribution is 2.40. The van der Waals surface area contributed by atoms with Crippen molar-refractivity contribution in [1.29, 1.82) is 0 Å². The molecule has 2 aromatic carbocycles. The van der Waals surface area contributed by atoms with Crippen molar-refractivity contribution in [3.63, 3.8) is 0 Å². The van der Waals surface area contributed by atoms with Gasteiger partial charge >= 0.3 is 5.97 Å². The Morgan fingerprint density at radius 3 is 2.43 bits per heavy atom. The zero-order chi connectivity index (χ0) is 21.7. The number of aliphatic hydroxyl groups excluding tert-OH is 1. The van der Waals surface area contributed by atoms with Crippen LogP contribution in [0.4, 0.5) is 11.4 Å². The highest BCUT2D eigenvalue weighted by Gasteiger charge is 2.33. The van der Waals surface area contributed by atoms with E-state index in [1.807, 2.05) is 12.1 Å². The first-order valence-corrected chi connectivity index (χ1v) is 9.72. The van der Waals surface area contributed by atoms with Crippen LogP contribution >= 0.6 is 11.8 Å². The van der Waals surface area contributed by atoms with E-state index in [-0.39, 0.29) is 28.7 Å². The lowest BCUT2D eigenvalue weighted by Crippen LogP contribution is -2.12. The number of hydrogen-bond donors (Lipinski definition) is 1. The zero-order valence-corrected chi connectivity index (χ0v) is 17.0. The number of benzene rings is 2. The van der Waals surface area contributed by atoms with Gasteiger partial charge in [0, 0.05) is 12.1 Å². The van der Waals surface area contributed by atoms with Crippen LogP contribution in [0, 0.1) is 10.1 Å². The van der Waals surface area contributed by atoms with E-state index in [1.54, 1.807) is 32.2 Å². The SMILES string of the molecule is CCOC(=O)C1=C(O)/C(=C/c2ccc(OC)cc2)SC1=Nc1ccc([N+](=O)[O-])cc1. The van der Waals surface area contributed by atoms with Gasteiger partial charge < -0.3 is 14.6 Å². The summed E-state index contributed by atoms with van der Waals surface area (Å²) in [5, 5.41) is 21.7. The Hall–Kier alpha value is -3.59. The third-order valence-electron chi connectivity index (χ3n) is 4.07. The molecule has 0 amide bonds. The summed E-state index contributed by atoms with van der Waals surface area (Å²) >= 11 is 1.11. The molecule has 30 heavy (non-hydrogen) atoms. The first kappa shape index (κ1) is 21.1. The van der Waals surface area contributed by atoms with Crippen molar-refractivity contribution in [2.75, 3.05) is 13.7 Å². The van der Waals surface area contributed by atoms with Gasteiger partial charge in [0.05, 0.1) is 29.2 Å². The molecule has 0 saturated heterocycles. The molecule has 1 aliphatic rings. The molecular formula is C21H18N2O6S. The van der Waals surface area contributed by atoms with Gasteiger partial charge in [-0.25, -0.2) is 9.79 Å². The van der Waals surface area contributed by atoms with Gasteiger partial charge in [-0.3, -0.25) is 10.1 Å². The summed E-state index contributed by atoms with van der Waals surface area (Å²) in [5.74, 6) is -0.222. The zero-order valence-electron chi connectivity index (χ0n) is 16.2. The smallest absolute Gasteiger partial charge is 0.344 e. The highest BCUT2D eigenvalue weighted by molar-refractivity contribution is 8.18. The number of esters is 1. The molecular weight excluding hydrogens is 408 g/mol. The second-order valence-electron chi connectivity index (χ2n) is 6.02. The molecule has 0 aliphatic carbocycles. The van der Waals surface area contributed by atoms with Crippen LogP contribution in [0.25, 0.3) is 6.08 Å².